The number of sulfonamides is 1. The van der Waals surface area contributed by atoms with Crippen LogP contribution in [0.3, 0.4) is 0 Å². The van der Waals surface area contributed by atoms with E-state index in [4.69, 9.17) is 16.3 Å². The van der Waals surface area contributed by atoms with Crippen LogP contribution in [0.15, 0.2) is 53.4 Å². The van der Waals surface area contributed by atoms with Crippen LogP contribution in [0.25, 0.3) is 33.5 Å². The third-order valence-electron chi connectivity index (χ3n) is 6.27. The highest BCUT2D eigenvalue weighted by atomic mass is 32.2. The van der Waals surface area contributed by atoms with Crippen molar-refractivity contribution in [3.8, 4) is 34.0 Å². The molecule has 210 valence electrons. The van der Waals surface area contributed by atoms with Crippen LogP contribution in [0.1, 0.15) is 11.1 Å². The predicted molar refractivity (Wildman–Crippen MR) is 152 cm³/mol. The van der Waals surface area contributed by atoms with E-state index >= 15 is 0 Å². The van der Waals surface area contributed by atoms with Crippen molar-refractivity contribution in [3.05, 3.63) is 59.7 Å². The topological polar surface area (TPSA) is 208 Å². The molecule has 0 saturated heterocycles. The Morgan fingerprint density at radius 1 is 1.05 bits per heavy atom. The standard InChI is InChI=1S/C27H31N7O5S/c1-34(2,3)9-8-31-24(36)12-15-10-19(18-14-17(40(30,38)39)5-7-23(18)35)25(37)20(11-15)27-32-21-6-4-16(26(28)29)13-22(21)33-27/h4-7,10-11,13-14H,8-9,12H2,1-3H3,(H8-,28,29,30,31,32,33,35,36,37,38,39)/p+1. The van der Waals surface area contributed by atoms with Crippen molar-refractivity contribution < 1.29 is 27.9 Å². The number of primary sulfonamides is 1. The van der Waals surface area contributed by atoms with Crippen LogP contribution in [-0.2, 0) is 21.2 Å². The molecule has 12 nitrogen and oxygen atoms in total. The van der Waals surface area contributed by atoms with E-state index in [1.807, 2.05) is 21.1 Å². The summed E-state index contributed by atoms with van der Waals surface area (Å²) in [7, 11) is 1.93. The normalized spacial score (nSPS) is 12.0. The van der Waals surface area contributed by atoms with E-state index in [0.29, 0.717) is 39.7 Å². The van der Waals surface area contributed by atoms with Crippen molar-refractivity contribution in [1.29, 1.82) is 5.41 Å². The van der Waals surface area contributed by atoms with E-state index in [9.17, 15) is 23.4 Å². The molecule has 3 aromatic carbocycles. The van der Waals surface area contributed by atoms with Crippen LogP contribution >= 0.6 is 0 Å². The van der Waals surface area contributed by atoms with Crippen LogP contribution in [0.5, 0.6) is 11.5 Å². The molecule has 1 heterocycles. The highest BCUT2D eigenvalue weighted by molar-refractivity contribution is 7.89. The predicted octanol–water partition coefficient (Wildman–Crippen LogP) is 1.60. The van der Waals surface area contributed by atoms with Crippen molar-refractivity contribution in [2.24, 2.45) is 10.9 Å². The molecule has 0 saturated carbocycles. The molecule has 0 unspecified atom stereocenters. The summed E-state index contributed by atoms with van der Waals surface area (Å²) in [6.45, 7) is 1.17. The van der Waals surface area contributed by atoms with Crippen molar-refractivity contribution in [2.75, 3.05) is 34.2 Å². The van der Waals surface area contributed by atoms with E-state index in [-0.39, 0.29) is 57.1 Å². The van der Waals surface area contributed by atoms with Crippen molar-refractivity contribution >= 4 is 32.8 Å². The van der Waals surface area contributed by atoms with Gasteiger partial charge in [0.05, 0.1) is 62.1 Å². The number of carbonyl (C=O) groups excluding carboxylic acids is 1. The fourth-order valence-corrected chi connectivity index (χ4v) is 4.71. The zero-order valence-electron chi connectivity index (χ0n) is 22.3. The number of phenolic OH excluding ortho intramolecular Hbond substituents is 2. The summed E-state index contributed by atoms with van der Waals surface area (Å²) in [4.78, 5) is 20.2. The molecule has 0 atom stereocenters. The maximum Gasteiger partial charge on any atom is 0.238 e. The van der Waals surface area contributed by atoms with Gasteiger partial charge in [0.15, 0.2) is 0 Å². The number of likely N-dealkylation sites (N-methyl/N-ethyl adjacent to an activating group) is 1. The number of fused-ring (bicyclic) bond motifs is 1. The fraction of sp³-hybridized carbons (Fsp3) is 0.222. The smallest absolute Gasteiger partial charge is 0.238 e. The second-order valence-corrected chi connectivity index (χ2v) is 12.1. The number of nitrogens with zero attached hydrogens (tertiary/aromatic N) is 2. The minimum atomic E-state index is -4.11. The number of H-pyrrole nitrogens is 1. The Morgan fingerprint density at radius 3 is 2.40 bits per heavy atom. The number of quaternary nitrogens is 1. The van der Waals surface area contributed by atoms with E-state index in [1.54, 1.807) is 24.3 Å². The van der Waals surface area contributed by atoms with Gasteiger partial charge in [-0.25, -0.2) is 18.5 Å². The summed E-state index contributed by atoms with van der Waals surface area (Å²) in [5.41, 5.74) is 7.98. The third kappa shape index (κ3) is 6.39. The van der Waals surface area contributed by atoms with Gasteiger partial charge < -0.3 is 30.7 Å². The van der Waals surface area contributed by atoms with E-state index in [2.05, 4.69) is 15.3 Å². The first-order valence-electron chi connectivity index (χ1n) is 12.3. The molecule has 0 bridgehead atoms. The van der Waals surface area contributed by atoms with E-state index in [1.165, 1.54) is 12.1 Å². The lowest BCUT2D eigenvalue weighted by Gasteiger charge is -2.23. The monoisotopic (exact) mass is 566 g/mol. The molecule has 0 aliphatic heterocycles. The average molecular weight is 567 g/mol. The number of phenols is 2. The van der Waals surface area contributed by atoms with Gasteiger partial charge in [-0.15, -0.1) is 0 Å². The highest BCUT2D eigenvalue weighted by Crippen LogP contribution is 2.42. The number of nitrogen functional groups attached to an aromatic ring is 1. The highest BCUT2D eigenvalue weighted by Gasteiger charge is 2.21. The van der Waals surface area contributed by atoms with Crippen molar-refractivity contribution in [3.63, 3.8) is 0 Å². The molecule has 9 N–H and O–H groups in total. The molecule has 40 heavy (non-hydrogen) atoms. The zero-order valence-corrected chi connectivity index (χ0v) is 23.1. The number of amides is 1. The average Bonchev–Trinajstić information content (AvgIpc) is 3.27. The number of carbonyl (C=O) groups is 1. The van der Waals surface area contributed by atoms with Crippen molar-refractivity contribution in [2.45, 2.75) is 11.3 Å². The van der Waals surface area contributed by atoms with E-state index < -0.39 is 10.0 Å². The summed E-state index contributed by atoms with van der Waals surface area (Å²) < 4.78 is 24.7. The lowest BCUT2D eigenvalue weighted by Crippen LogP contribution is -2.42. The number of aromatic hydroxyl groups is 2. The molecule has 0 aliphatic rings. The molecule has 4 rings (SSSR count). The van der Waals surface area contributed by atoms with Gasteiger partial charge in [-0.05, 0) is 54.1 Å². The Bertz CT molecular complexity index is 1740. The first kappa shape index (κ1) is 28.5. The Balaban J connectivity index is 1.84. The van der Waals surface area contributed by atoms with Crippen LogP contribution < -0.4 is 16.2 Å². The fourth-order valence-electron chi connectivity index (χ4n) is 4.17. The Labute approximate surface area is 231 Å². The van der Waals surface area contributed by atoms with Crippen LogP contribution in [0, 0.1) is 5.41 Å². The maximum atomic E-state index is 12.8. The number of rotatable bonds is 9. The lowest BCUT2D eigenvalue weighted by atomic mass is 9.95. The van der Waals surface area contributed by atoms with Gasteiger partial charge in [0.1, 0.15) is 23.2 Å². The number of hydrogen-bond donors (Lipinski definition) is 7. The summed E-state index contributed by atoms with van der Waals surface area (Å²) in [5, 5.41) is 37.8. The molecule has 13 heteroatoms. The first-order chi connectivity index (χ1) is 18.6. The van der Waals surface area contributed by atoms with Gasteiger partial charge in [-0.2, -0.15) is 0 Å². The summed E-state index contributed by atoms with van der Waals surface area (Å²) in [6, 6.07) is 11.6. The molecule has 0 fully saturated rings. The van der Waals surface area contributed by atoms with Crippen molar-refractivity contribution in [1.82, 2.24) is 15.3 Å². The molecule has 0 aliphatic carbocycles. The zero-order chi connectivity index (χ0) is 29.4. The summed E-state index contributed by atoms with van der Waals surface area (Å²) >= 11 is 0. The van der Waals surface area contributed by atoms with Gasteiger partial charge in [-0.3, -0.25) is 10.2 Å². The maximum absolute atomic E-state index is 12.8. The quantitative estimate of drug-likeness (QED) is 0.0903. The van der Waals surface area contributed by atoms with E-state index in [0.717, 1.165) is 12.1 Å². The van der Waals surface area contributed by atoms with Crippen LogP contribution in [0.2, 0.25) is 0 Å². The number of amidine groups is 1. The third-order valence-corrected chi connectivity index (χ3v) is 7.18. The van der Waals surface area contributed by atoms with Gasteiger partial charge >= 0.3 is 0 Å². The van der Waals surface area contributed by atoms with Gasteiger partial charge in [0, 0.05) is 16.7 Å². The lowest BCUT2D eigenvalue weighted by molar-refractivity contribution is -0.869. The molecule has 4 aromatic rings. The number of nitrogens with two attached hydrogens (primary N) is 2. The molecule has 1 amide bonds. The molecular weight excluding hydrogens is 534 g/mol. The number of aromatic nitrogens is 2. The SMILES string of the molecule is C[N+](C)(C)CCNC(=O)Cc1cc(-c2nc3ccc(C(=N)N)cc3[nH]2)c(O)c(-c2cc(S(N)(=O)=O)ccc2O)c1. The Hall–Kier alpha value is -4.46. The second kappa shape index (κ2) is 10.6. The van der Waals surface area contributed by atoms with Gasteiger partial charge in [-0.1, -0.05) is 0 Å². The molecule has 0 radical (unpaired) electrons. The number of nitrogens with one attached hydrogen (secondary N) is 3. The molecule has 1 aromatic heterocycles. The van der Waals surface area contributed by atoms with Gasteiger partial charge in [0.25, 0.3) is 0 Å². The minimum absolute atomic E-state index is 0.00698. The van der Waals surface area contributed by atoms with Crippen LogP contribution in [0.4, 0.5) is 0 Å². The number of hydrogen-bond acceptors (Lipinski definition) is 7. The molecular formula is C27H32N7O5S+. The summed E-state index contributed by atoms with van der Waals surface area (Å²) in [5.74, 6) is -0.722. The summed E-state index contributed by atoms with van der Waals surface area (Å²) in [6.07, 6.45) is -0.0538. The number of imidazole rings is 1. The number of benzene rings is 3. The Kier molecular flexibility index (Phi) is 7.57. The first-order valence-corrected chi connectivity index (χ1v) is 13.8. The Morgan fingerprint density at radius 2 is 1.75 bits per heavy atom. The largest absolute Gasteiger partial charge is 0.507 e. The van der Waals surface area contributed by atoms with Gasteiger partial charge in [0.2, 0.25) is 15.9 Å². The minimum Gasteiger partial charge on any atom is -0.507 e. The van der Waals surface area contributed by atoms with Crippen LogP contribution in [-0.4, -0.2) is 79.1 Å². The second-order valence-electron chi connectivity index (χ2n) is 10.5. The molecule has 0 spiro atoms. The number of aromatic amines is 1.